The second-order valence-electron chi connectivity index (χ2n) is 4.20. The molecular formula is C14H15N5O2. The number of rotatable bonds is 4. The third-order valence-corrected chi connectivity index (χ3v) is 2.90. The SMILES string of the molecule is CCNc1nn(-c2ccc(C#N)cc2)c(N)c1C(=O)OC. The number of anilines is 2. The van der Waals surface area contributed by atoms with Gasteiger partial charge in [-0.2, -0.15) is 5.26 Å². The second-order valence-corrected chi connectivity index (χ2v) is 4.20. The van der Waals surface area contributed by atoms with Crippen LogP contribution >= 0.6 is 0 Å². The van der Waals surface area contributed by atoms with Gasteiger partial charge >= 0.3 is 5.97 Å². The van der Waals surface area contributed by atoms with Gasteiger partial charge < -0.3 is 15.8 Å². The lowest BCUT2D eigenvalue weighted by molar-refractivity contribution is 0.0603. The highest BCUT2D eigenvalue weighted by Crippen LogP contribution is 2.25. The molecule has 0 spiro atoms. The van der Waals surface area contributed by atoms with E-state index in [1.165, 1.54) is 11.8 Å². The number of nitriles is 1. The van der Waals surface area contributed by atoms with Gasteiger partial charge in [0.15, 0.2) is 5.82 Å². The summed E-state index contributed by atoms with van der Waals surface area (Å²) in [6.45, 7) is 2.48. The number of methoxy groups -OCH3 is 1. The summed E-state index contributed by atoms with van der Waals surface area (Å²) in [5.41, 5.74) is 7.39. The van der Waals surface area contributed by atoms with Crippen LogP contribution in [0.4, 0.5) is 11.6 Å². The molecule has 0 aliphatic rings. The molecule has 1 heterocycles. The summed E-state index contributed by atoms with van der Waals surface area (Å²) in [6, 6.07) is 8.76. The Morgan fingerprint density at radius 3 is 2.67 bits per heavy atom. The van der Waals surface area contributed by atoms with Gasteiger partial charge in [0.25, 0.3) is 0 Å². The van der Waals surface area contributed by atoms with Gasteiger partial charge in [0.2, 0.25) is 0 Å². The van der Waals surface area contributed by atoms with Crippen molar-refractivity contribution in [2.45, 2.75) is 6.92 Å². The topological polar surface area (TPSA) is 106 Å². The molecule has 2 aromatic rings. The average Bonchev–Trinajstić information content (AvgIpc) is 2.83. The molecule has 0 saturated heterocycles. The standard InChI is InChI=1S/C14H15N5O2/c1-3-17-13-11(14(20)21-2)12(16)19(18-13)10-6-4-9(8-15)5-7-10/h4-7H,3,16H2,1-2H3,(H,17,18). The Hall–Kier alpha value is -3.01. The van der Waals surface area contributed by atoms with Crippen LogP contribution < -0.4 is 11.1 Å². The summed E-state index contributed by atoms with van der Waals surface area (Å²) in [5.74, 6) is -0.00272. The Bertz CT molecular complexity index is 697. The van der Waals surface area contributed by atoms with Crippen LogP contribution in [0.15, 0.2) is 24.3 Å². The Morgan fingerprint density at radius 2 is 2.14 bits per heavy atom. The number of nitrogens with one attached hydrogen (secondary N) is 1. The Balaban J connectivity index is 2.53. The normalized spacial score (nSPS) is 9.95. The maximum atomic E-state index is 11.8. The van der Waals surface area contributed by atoms with Crippen molar-refractivity contribution in [1.82, 2.24) is 9.78 Å². The number of ether oxygens (including phenoxy) is 1. The van der Waals surface area contributed by atoms with E-state index < -0.39 is 5.97 Å². The van der Waals surface area contributed by atoms with E-state index in [0.717, 1.165) is 0 Å². The molecule has 0 atom stereocenters. The summed E-state index contributed by atoms with van der Waals surface area (Å²) < 4.78 is 6.17. The van der Waals surface area contributed by atoms with Crippen molar-refractivity contribution >= 4 is 17.6 Å². The van der Waals surface area contributed by atoms with Crippen LogP contribution in [0.5, 0.6) is 0 Å². The Labute approximate surface area is 121 Å². The number of hydrogen-bond acceptors (Lipinski definition) is 6. The van der Waals surface area contributed by atoms with Crippen molar-refractivity contribution in [3.63, 3.8) is 0 Å². The lowest BCUT2D eigenvalue weighted by Gasteiger charge is -2.04. The van der Waals surface area contributed by atoms with E-state index in [1.807, 2.05) is 13.0 Å². The first-order valence-corrected chi connectivity index (χ1v) is 6.33. The number of carbonyl (C=O) groups is 1. The zero-order valence-corrected chi connectivity index (χ0v) is 11.8. The number of esters is 1. The molecule has 0 amide bonds. The lowest BCUT2D eigenvalue weighted by Crippen LogP contribution is -2.09. The van der Waals surface area contributed by atoms with E-state index in [9.17, 15) is 4.79 Å². The summed E-state index contributed by atoms with van der Waals surface area (Å²) in [4.78, 5) is 11.8. The molecule has 0 fully saturated rings. The zero-order valence-electron chi connectivity index (χ0n) is 11.8. The first-order valence-electron chi connectivity index (χ1n) is 6.33. The zero-order chi connectivity index (χ0) is 15.4. The Kier molecular flexibility index (Phi) is 4.09. The van der Waals surface area contributed by atoms with Gasteiger partial charge in [-0.15, -0.1) is 5.10 Å². The second kappa shape index (κ2) is 5.96. The minimum absolute atomic E-state index is 0.183. The molecule has 0 aliphatic carbocycles. The highest BCUT2D eigenvalue weighted by atomic mass is 16.5. The van der Waals surface area contributed by atoms with Gasteiger partial charge in [0.05, 0.1) is 24.4 Å². The van der Waals surface area contributed by atoms with E-state index in [0.29, 0.717) is 23.6 Å². The number of hydrogen-bond donors (Lipinski definition) is 2. The number of nitrogens with zero attached hydrogens (tertiary/aromatic N) is 3. The summed E-state index contributed by atoms with van der Waals surface area (Å²) in [7, 11) is 1.29. The molecule has 0 bridgehead atoms. The fraction of sp³-hybridized carbons (Fsp3) is 0.214. The van der Waals surface area contributed by atoms with Gasteiger partial charge in [-0.1, -0.05) is 0 Å². The monoisotopic (exact) mass is 285 g/mol. The molecule has 0 aliphatic heterocycles. The minimum atomic E-state index is -0.552. The van der Waals surface area contributed by atoms with Crippen LogP contribution in [0.3, 0.4) is 0 Å². The summed E-state index contributed by atoms with van der Waals surface area (Å²) in [5, 5.41) is 16.1. The number of aromatic nitrogens is 2. The molecular weight excluding hydrogens is 270 g/mol. The molecule has 0 radical (unpaired) electrons. The highest BCUT2D eigenvalue weighted by Gasteiger charge is 2.23. The lowest BCUT2D eigenvalue weighted by atomic mass is 10.2. The molecule has 1 aromatic carbocycles. The fourth-order valence-corrected chi connectivity index (χ4v) is 1.90. The predicted octanol–water partition coefficient (Wildman–Crippen LogP) is 1.54. The molecule has 0 saturated carbocycles. The molecule has 2 rings (SSSR count). The first-order chi connectivity index (χ1) is 10.1. The summed E-state index contributed by atoms with van der Waals surface area (Å²) in [6.07, 6.45) is 0. The molecule has 1 aromatic heterocycles. The van der Waals surface area contributed by atoms with Crippen LogP contribution in [0.2, 0.25) is 0 Å². The van der Waals surface area contributed by atoms with Crippen molar-refractivity contribution in [3.05, 3.63) is 35.4 Å². The smallest absolute Gasteiger partial charge is 0.345 e. The number of nitrogens with two attached hydrogens (primary N) is 1. The van der Waals surface area contributed by atoms with Crippen LogP contribution in [0, 0.1) is 11.3 Å². The van der Waals surface area contributed by atoms with Crippen molar-refractivity contribution < 1.29 is 9.53 Å². The maximum Gasteiger partial charge on any atom is 0.345 e. The van der Waals surface area contributed by atoms with Gasteiger partial charge in [-0.25, -0.2) is 9.48 Å². The van der Waals surface area contributed by atoms with Gasteiger partial charge in [-0.3, -0.25) is 0 Å². The van der Waals surface area contributed by atoms with Crippen LogP contribution in [-0.4, -0.2) is 29.4 Å². The summed E-state index contributed by atoms with van der Waals surface area (Å²) >= 11 is 0. The number of nitrogen functional groups attached to an aromatic ring is 1. The Morgan fingerprint density at radius 1 is 1.48 bits per heavy atom. The van der Waals surface area contributed by atoms with Gasteiger partial charge in [0, 0.05) is 6.54 Å². The predicted molar refractivity (Wildman–Crippen MR) is 78.2 cm³/mol. The van der Waals surface area contributed by atoms with Gasteiger partial charge in [-0.05, 0) is 31.2 Å². The molecule has 108 valence electrons. The minimum Gasteiger partial charge on any atom is -0.465 e. The quantitative estimate of drug-likeness (QED) is 0.825. The largest absolute Gasteiger partial charge is 0.465 e. The molecule has 3 N–H and O–H groups in total. The van der Waals surface area contributed by atoms with Crippen LogP contribution in [-0.2, 0) is 4.74 Å². The van der Waals surface area contributed by atoms with Crippen molar-refractivity contribution in [1.29, 1.82) is 5.26 Å². The molecule has 7 nitrogen and oxygen atoms in total. The van der Waals surface area contributed by atoms with E-state index in [2.05, 4.69) is 10.4 Å². The van der Waals surface area contributed by atoms with Gasteiger partial charge in [0.1, 0.15) is 11.4 Å². The van der Waals surface area contributed by atoms with Crippen LogP contribution in [0.25, 0.3) is 5.69 Å². The van der Waals surface area contributed by atoms with E-state index in [4.69, 9.17) is 15.7 Å². The number of carbonyl (C=O) groups excluding carboxylic acids is 1. The third-order valence-electron chi connectivity index (χ3n) is 2.90. The average molecular weight is 285 g/mol. The van der Waals surface area contributed by atoms with E-state index in [-0.39, 0.29) is 11.4 Å². The van der Waals surface area contributed by atoms with E-state index in [1.54, 1.807) is 24.3 Å². The first kappa shape index (κ1) is 14.4. The van der Waals surface area contributed by atoms with Crippen molar-refractivity contribution in [3.8, 4) is 11.8 Å². The van der Waals surface area contributed by atoms with Crippen molar-refractivity contribution in [2.24, 2.45) is 0 Å². The molecule has 21 heavy (non-hydrogen) atoms. The highest BCUT2D eigenvalue weighted by molar-refractivity contribution is 5.99. The van der Waals surface area contributed by atoms with Crippen LogP contribution in [0.1, 0.15) is 22.8 Å². The maximum absolute atomic E-state index is 11.8. The van der Waals surface area contributed by atoms with E-state index >= 15 is 0 Å². The third kappa shape index (κ3) is 2.65. The molecule has 7 heteroatoms. The molecule has 0 unspecified atom stereocenters. The number of benzene rings is 1. The van der Waals surface area contributed by atoms with Crippen molar-refractivity contribution in [2.75, 3.05) is 24.7 Å². The fourth-order valence-electron chi connectivity index (χ4n) is 1.90.